The Kier molecular flexibility index (Phi) is 3.32. The van der Waals surface area contributed by atoms with Gasteiger partial charge in [0.1, 0.15) is 5.82 Å². The second-order valence-corrected chi connectivity index (χ2v) is 4.60. The van der Waals surface area contributed by atoms with Crippen molar-refractivity contribution < 1.29 is 4.39 Å². The maximum absolute atomic E-state index is 13.8. The minimum Gasteiger partial charge on any atom is -0.399 e. The van der Waals surface area contributed by atoms with Gasteiger partial charge < -0.3 is 10.6 Å². The topological polar surface area (TPSA) is 29.3 Å². The third-order valence-corrected chi connectivity index (χ3v) is 3.33. The van der Waals surface area contributed by atoms with E-state index in [4.69, 9.17) is 5.73 Å². The van der Waals surface area contributed by atoms with Gasteiger partial charge in [-0.2, -0.15) is 0 Å². The largest absolute Gasteiger partial charge is 0.399 e. The lowest BCUT2D eigenvalue weighted by Crippen LogP contribution is -2.33. The van der Waals surface area contributed by atoms with Crippen LogP contribution in [0.1, 0.15) is 32.6 Å². The molecule has 1 unspecified atom stereocenters. The van der Waals surface area contributed by atoms with Gasteiger partial charge in [0.15, 0.2) is 0 Å². The lowest BCUT2D eigenvalue weighted by atomic mass is 10.1. The highest BCUT2D eigenvalue weighted by Crippen LogP contribution is 2.27. The monoisotopic (exact) mass is 222 g/mol. The van der Waals surface area contributed by atoms with E-state index in [2.05, 4.69) is 11.8 Å². The molecule has 0 bridgehead atoms. The van der Waals surface area contributed by atoms with Crippen LogP contribution in [0, 0.1) is 5.82 Å². The van der Waals surface area contributed by atoms with Crippen molar-refractivity contribution in [2.45, 2.75) is 38.6 Å². The van der Waals surface area contributed by atoms with E-state index in [1.807, 2.05) is 0 Å². The molecule has 1 aromatic rings. The van der Waals surface area contributed by atoms with Gasteiger partial charge >= 0.3 is 0 Å². The quantitative estimate of drug-likeness (QED) is 0.739. The van der Waals surface area contributed by atoms with Crippen LogP contribution >= 0.6 is 0 Å². The molecule has 2 N–H and O–H groups in total. The number of benzene rings is 1. The van der Waals surface area contributed by atoms with Crippen molar-refractivity contribution >= 4 is 11.4 Å². The average Bonchev–Trinajstić information content (AvgIpc) is 2.44. The zero-order valence-electron chi connectivity index (χ0n) is 9.75. The molecule has 16 heavy (non-hydrogen) atoms. The number of nitrogen functional groups attached to an aromatic ring is 1. The highest BCUT2D eigenvalue weighted by Gasteiger charge is 2.19. The van der Waals surface area contributed by atoms with Crippen LogP contribution in [0.15, 0.2) is 18.2 Å². The van der Waals surface area contributed by atoms with E-state index in [0.29, 0.717) is 17.4 Å². The molecule has 88 valence electrons. The molecule has 1 fully saturated rings. The number of rotatable bonds is 1. The molecule has 0 aliphatic carbocycles. The molecule has 1 aromatic carbocycles. The molecule has 0 aromatic heterocycles. The molecule has 2 rings (SSSR count). The Bertz CT molecular complexity index is 365. The molecular formula is C13H19FN2. The first-order valence-electron chi connectivity index (χ1n) is 6.00. The van der Waals surface area contributed by atoms with Gasteiger partial charge in [0.05, 0.1) is 5.69 Å². The summed E-state index contributed by atoms with van der Waals surface area (Å²) in [6.45, 7) is 3.11. The van der Waals surface area contributed by atoms with Gasteiger partial charge in [0, 0.05) is 18.3 Å². The van der Waals surface area contributed by atoms with Crippen LogP contribution in [0.4, 0.5) is 15.8 Å². The second-order valence-electron chi connectivity index (χ2n) is 4.60. The Hall–Kier alpha value is -1.25. The van der Waals surface area contributed by atoms with Crippen molar-refractivity contribution in [3.8, 4) is 0 Å². The predicted molar refractivity (Wildman–Crippen MR) is 66.1 cm³/mol. The van der Waals surface area contributed by atoms with Gasteiger partial charge in [-0.15, -0.1) is 0 Å². The maximum Gasteiger partial charge on any atom is 0.148 e. The van der Waals surface area contributed by atoms with E-state index in [-0.39, 0.29) is 5.82 Å². The fourth-order valence-electron chi connectivity index (χ4n) is 2.39. The van der Waals surface area contributed by atoms with Crippen molar-refractivity contribution in [3.63, 3.8) is 0 Å². The second kappa shape index (κ2) is 4.73. The van der Waals surface area contributed by atoms with Crippen molar-refractivity contribution in [2.24, 2.45) is 0 Å². The van der Waals surface area contributed by atoms with E-state index in [9.17, 15) is 4.39 Å². The molecular weight excluding hydrogens is 203 g/mol. The summed E-state index contributed by atoms with van der Waals surface area (Å²) in [5.74, 6) is -0.200. The first-order valence-corrected chi connectivity index (χ1v) is 6.00. The van der Waals surface area contributed by atoms with Crippen molar-refractivity contribution in [1.82, 2.24) is 0 Å². The zero-order chi connectivity index (χ0) is 11.5. The number of nitrogens with zero attached hydrogens (tertiary/aromatic N) is 1. The summed E-state index contributed by atoms with van der Waals surface area (Å²) in [5.41, 5.74) is 6.75. The van der Waals surface area contributed by atoms with Crippen LogP contribution < -0.4 is 10.6 Å². The van der Waals surface area contributed by atoms with Gasteiger partial charge in [-0.25, -0.2) is 4.39 Å². The van der Waals surface area contributed by atoms with Crippen LogP contribution in [0.5, 0.6) is 0 Å². The minimum absolute atomic E-state index is 0.200. The minimum atomic E-state index is -0.200. The number of nitrogens with two attached hydrogens (primary N) is 1. The Balaban J connectivity index is 2.27. The summed E-state index contributed by atoms with van der Waals surface area (Å²) in [4.78, 5) is 2.17. The van der Waals surface area contributed by atoms with Crippen molar-refractivity contribution in [2.75, 3.05) is 17.2 Å². The molecule has 0 radical (unpaired) electrons. The maximum atomic E-state index is 13.8. The molecule has 0 amide bonds. The fraction of sp³-hybridized carbons (Fsp3) is 0.538. The van der Waals surface area contributed by atoms with Crippen LogP contribution in [0.3, 0.4) is 0 Å². The number of halogens is 1. The lowest BCUT2D eigenvalue weighted by Gasteiger charge is -2.29. The SMILES string of the molecule is CC1CCCCCN1c1ccc(N)cc1F. The number of anilines is 2. The van der Waals surface area contributed by atoms with Crippen LogP contribution in [0.2, 0.25) is 0 Å². The molecule has 0 saturated carbocycles. The van der Waals surface area contributed by atoms with Gasteiger partial charge in [0.25, 0.3) is 0 Å². The number of hydrogen-bond acceptors (Lipinski definition) is 2. The molecule has 1 aliphatic rings. The van der Waals surface area contributed by atoms with Gasteiger partial charge in [0.2, 0.25) is 0 Å². The highest BCUT2D eigenvalue weighted by molar-refractivity contribution is 5.55. The molecule has 2 nitrogen and oxygen atoms in total. The highest BCUT2D eigenvalue weighted by atomic mass is 19.1. The van der Waals surface area contributed by atoms with E-state index >= 15 is 0 Å². The average molecular weight is 222 g/mol. The molecule has 1 aliphatic heterocycles. The van der Waals surface area contributed by atoms with E-state index in [1.54, 1.807) is 12.1 Å². The standard InChI is InChI=1S/C13H19FN2/c1-10-5-3-2-4-8-16(10)13-7-6-11(15)9-12(13)14/h6-7,9-10H,2-5,8,15H2,1H3. The third kappa shape index (κ3) is 2.29. The molecule has 1 saturated heterocycles. The predicted octanol–water partition coefficient (Wildman–Crippen LogP) is 3.18. The first kappa shape index (κ1) is 11.2. The summed E-state index contributed by atoms with van der Waals surface area (Å²) in [5, 5.41) is 0. The van der Waals surface area contributed by atoms with Gasteiger partial charge in [-0.1, -0.05) is 12.8 Å². The molecule has 1 heterocycles. The molecule has 1 atom stereocenters. The summed E-state index contributed by atoms with van der Waals surface area (Å²) < 4.78 is 13.8. The summed E-state index contributed by atoms with van der Waals surface area (Å²) in [6, 6.07) is 5.40. The van der Waals surface area contributed by atoms with Crippen LogP contribution in [-0.4, -0.2) is 12.6 Å². The number of hydrogen-bond donors (Lipinski definition) is 1. The summed E-state index contributed by atoms with van der Waals surface area (Å²) >= 11 is 0. The van der Waals surface area contributed by atoms with Gasteiger partial charge in [-0.05, 0) is 38.0 Å². The third-order valence-electron chi connectivity index (χ3n) is 3.33. The Morgan fingerprint density at radius 3 is 2.88 bits per heavy atom. The van der Waals surface area contributed by atoms with Crippen molar-refractivity contribution in [1.29, 1.82) is 0 Å². The Morgan fingerprint density at radius 1 is 1.31 bits per heavy atom. The lowest BCUT2D eigenvalue weighted by molar-refractivity contribution is 0.581. The van der Waals surface area contributed by atoms with E-state index < -0.39 is 0 Å². The van der Waals surface area contributed by atoms with Crippen molar-refractivity contribution in [3.05, 3.63) is 24.0 Å². The van der Waals surface area contributed by atoms with E-state index in [1.165, 1.54) is 18.9 Å². The Labute approximate surface area is 96.2 Å². The molecule has 3 heteroatoms. The summed E-state index contributed by atoms with van der Waals surface area (Å²) in [6.07, 6.45) is 4.78. The van der Waals surface area contributed by atoms with E-state index in [0.717, 1.165) is 19.4 Å². The van der Waals surface area contributed by atoms with Gasteiger partial charge in [-0.3, -0.25) is 0 Å². The van der Waals surface area contributed by atoms with Crippen LogP contribution in [-0.2, 0) is 0 Å². The summed E-state index contributed by atoms with van der Waals surface area (Å²) in [7, 11) is 0. The zero-order valence-corrected chi connectivity index (χ0v) is 9.75. The Morgan fingerprint density at radius 2 is 2.12 bits per heavy atom. The first-order chi connectivity index (χ1) is 7.68. The molecule has 0 spiro atoms. The van der Waals surface area contributed by atoms with Crippen LogP contribution in [0.25, 0.3) is 0 Å². The smallest absolute Gasteiger partial charge is 0.148 e. The fourth-order valence-corrected chi connectivity index (χ4v) is 2.39. The normalized spacial score (nSPS) is 21.9.